The molecule has 0 aliphatic heterocycles. The fourth-order valence-electron chi connectivity index (χ4n) is 1.50. The van der Waals surface area contributed by atoms with E-state index >= 15 is 0 Å². The number of hydrogen-bond acceptors (Lipinski definition) is 2. The van der Waals surface area contributed by atoms with E-state index in [2.05, 4.69) is 15.9 Å². The van der Waals surface area contributed by atoms with Gasteiger partial charge in [0.2, 0.25) is 0 Å². The molecule has 0 saturated heterocycles. The molecule has 0 N–H and O–H groups in total. The predicted molar refractivity (Wildman–Crippen MR) is 73.8 cm³/mol. The first-order valence-electron chi connectivity index (χ1n) is 5.97. The van der Waals surface area contributed by atoms with E-state index in [0.717, 1.165) is 30.2 Å². The first-order valence-corrected chi connectivity index (χ1v) is 7.09. The van der Waals surface area contributed by atoms with E-state index in [4.69, 9.17) is 4.74 Å². The van der Waals surface area contributed by atoms with Crippen LogP contribution in [0.25, 0.3) is 0 Å². The number of esters is 1. The molecular weight excluding hydrogens is 280 g/mol. The second kappa shape index (κ2) is 7.49. The number of benzene rings is 1. The lowest BCUT2D eigenvalue weighted by molar-refractivity contribution is -0.134. The van der Waals surface area contributed by atoms with Crippen LogP contribution in [0.15, 0.2) is 18.2 Å². The maximum Gasteiger partial charge on any atom is 0.311 e. The summed E-state index contributed by atoms with van der Waals surface area (Å²) in [6.07, 6.45) is 3.57. The van der Waals surface area contributed by atoms with E-state index in [1.165, 1.54) is 5.56 Å². The smallest absolute Gasteiger partial charge is 0.311 e. The summed E-state index contributed by atoms with van der Waals surface area (Å²) in [4.78, 5) is 11.5. The minimum absolute atomic E-state index is 0.136. The zero-order valence-corrected chi connectivity index (χ0v) is 12.0. The Hall–Kier alpha value is -0.830. The highest BCUT2D eigenvalue weighted by molar-refractivity contribution is 9.09. The van der Waals surface area contributed by atoms with Crippen molar-refractivity contribution in [3.8, 4) is 5.75 Å². The predicted octanol–water partition coefficient (Wildman–Crippen LogP) is 4.16. The summed E-state index contributed by atoms with van der Waals surface area (Å²) in [5.41, 5.74) is 2.36. The minimum atomic E-state index is -0.136. The molecule has 0 aliphatic rings. The number of carbonyl (C=O) groups is 1. The molecule has 0 aliphatic carbocycles. The summed E-state index contributed by atoms with van der Waals surface area (Å²) in [6.45, 7) is 4.06. The van der Waals surface area contributed by atoms with Crippen molar-refractivity contribution in [2.24, 2.45) is 0 Å². The van der Waals surface area contributed by atoms with E-state index in [0.29, 0.717) is 12.2 Å². The summed E-state index contributed by atoms with van der Waals surface area (Å²) in [6, 6.07) is 5.73. The lowest BCUT2D eigenvalue weighted by Gasteiger charge is -2.06. The van der Waals surface area contributed by atoms with Gasteiger partial charge in [0.1, 0.15) is 5.75 Å². The maximum absolute atomic E-state index is 11.5. The van der Waals surface area contributed by atoms with Crippen molar-refractivity contribution >= 4 is 21.9 Å². The fourth-order valence-corrected chi connectivity index (χ4v) is 1.90. The second-order valence-corrected chi connectivity index (χ2v) is 5.01. The van der Waals surface area contributed by atoms with Gasteiger partial charge < -0.3 is 4.74 Å². The molecule has 0 bridgehead atoms. The van der Waals surface area contributed by atoms with Gasteiger partial charge in [-0.3, -0.25) is 4.79 Å². The number of aryl methyl sites for hydroxylation is 2. The van der Waals surface area contributed by atoms with Gasteiger partial charge in [-0.05, 0) is 49.9 Å². The van der Waals surface area contributed by atoms with Crippen LogP contribution in [0, 0.1) is 13.8 Å². The monoisotopic (exact) mass is 298 g/mol. The van der Waals surface area contributed by atoms with Crippen LogP contribution in [0.1, 0.15) is 36.8 Å². The van der Waals surface area contributed by atoms with Gasteiger partial charge in [0.05, 0.1) is 0 Å². The van der Waals surface area contributed by atoms with E-state index in [-0.39, 0.29) is 5.97 Å². The Bertz CT molecular complexity index is 374. The standard InChI is InChI=1S/C14H19BrO2/c1-11-7-8-13(10-12(11)2)17-14(16)6-4-3-5-9-15/h7-8,10H,3-6,9H2,1-2H3. The molecule has 2 nitrogen and oxygen atoms in total. The first-order chi connectivity index (χ1) is 8.13. The lowest BCUT2D eigenvalue weighted by Crippen LogP contribution is -2.07. The van der Waals surface area contributed by atoms with Gasteiger partial charge in [-0.25, -0.2) is 0 Å². The molecule has 0 radical (unpaired) electrons. The SMILES string of the molecule is Cc1ccc(OC(=O)CCCCCBr)cc1C. The molecule has 0 amide bonds. The molecule has 1 rings (SSSR count). The molecule has 1 aromatic carbocycles. The van der Waals surface area contributed by atoms with Crippen molar-refractivity contribution in [2.75, 3.05) is 5.33 Å². The van der Waals surface area contributed by atoms with Crippen LogP contribution in [-0.2, 0) is 4.79 Å². The van der Waals surface area contributed by atoms with Gasteiger partial charge in [0.15, 0.2) is 0 Å². The number of rotatable bonds is 6. The number of hydrogen-bond donors (Lipinski definition) is 0. The molecule has 0 heterocycles. The molecule has 17 heavy (non-hydrogen) atoms. The minimum Gasteiger partial charge on any atom is -0.427 e. The number of ether oxygens (including phenoxy) is 1. The van der Waals surface area contributed by atoms with Crippen molar-refractivity contribution in [3.63, 3.8) is 0 Å². The van der Waals surface area contributed by atoms with Gasteiger partial charge in [0.25, 0.3) is 0 Å². The number of unbranched alkanes of at least 4 members (excludes halogenated alkanes) is 2. The molecule has 3 heteroatoms. The molecule has 0 aromatic heterocycles. The van der Waals surface area contributed by atoms with Crippen LogP contribution in [-0.4, -0.2) is 11.3 Å². The van der Waals surface area contributed by atoms with Crippen LogP contribution in [0.5, 0.6) is 5.75 Å². The number of halogens is 1. The van der Waals surface area contributed by atoms with E-state index in [1.54, 1.807) is 0 Å². The molecule has 0 fully saturated rings. The largest absolute Gasteiger partial charge is 0.427 e. The maximum atomic E-state index is 11.5. The lowest BCUT2D eigenvalue weighted by atomic mass is 10.1. The summed E-state index contributed by atoms with van der Waals surface area (Å²) in [7, 11) is 0. The van der Waals surface area contributed by atoms with Gasteiger partial charge in [-0.2, -0.15) is 0 Å². The summed E-state index contributed by atoms with van der Waals surface area (Å²) >= 11 is 3.37. The normalized spacial score (nSPS) is 10.3. The van der Waals surface area contributed by atoms with Crippen molar-refractivity contribution in [1.29, 1.82) is 0 Å². The van der Waals surface area contributed by atoms with E-state index in [1.807, 2.05) is 32.0 Å². The van der Waals surface area contributed by atoms with E-state index in [9.17, 15) is 4.79 Å². The van der Waals surface area contributed by atoms with Crippen molar-refractivity contribution in [2.45, 2.75) is 39.5 Å². The Morgan fingerprint density at radius 2 is 1.94 bits per heavy atom. The highest BCUT2D eigenvalue weighted by Gasteiger charge is 2.05. The Labute approximate surface area is 111 Å². The average Bonchev–Trinajstić information content (AvgIpc) is 2.30. The van der Waals surface area contributed by atoms with Crippen LogP contribution < -0.4 is 4.74 Å². The van der Waals surface area contributed by atoms with Crippen molar-refractivity contribution in [3.05, 3.63) is 29.3 Å². The average molecular weight is 299 g/mol. The molecule has 0 unspecified atom stereocenters. The third kappa shape index (κ3) is 5.35. The molecule has 94 valence electrons. The third-order valence-electron chi connectivity index (χ3n) is 2.72. The number of carbonyl (C=O) groups excluding carboxylic acids is 1. The second-order valence-electron chi connectivity index (χ2n) is 4.22. The van der Waals surface area contributed by atoms with Crippen LogP contribution >= 0.6 is 15.9 Å². The van der Waals surface area contributed by atoms with Gasteiger partial charge in [0, 0.05) is 11.8 Å². The zero-order valence-electron chi connectivity index (χ0n) is 10.5. The Kier molecular flexibility index (Phi) is 6.27. The number of alkyl halides is 1. The summed E-state index contributed by atoms with van der Waals surface area (Å²) < 4.78 is 5.28. The molecule has 1 aromatic rings. The molecular formula is C14H19BrO2. The van der Waals surface area contributed by atoms with Gasteiger partial charge >= 0.3 is 5.97 Å². The van der Waals surface area contributed by atoms with Crippen LogP contribution in [0.2, 0.25) is 0 Å². The molecule has 0 saturated carbocycles. The van der Waals surface area contributed by atoms with Crippen LogP contribution in [0.4, 0.5) is 0 Å². The molecule has 0 spiro atoms. The van der Waals surface area contributed by atoms with Gasteiger partial charge in [-0.1, -0.05) is 28.4 Å². The molecule has 0 atom stereocenters. The highest BCUT2D eigenvalue weighted by Crippen LogP contribution is 2.17. The van der Waals surface area contributed by atoms with Crippen molar-refractivity contribution < 1.29 is 9.53 Å². The highest BCUT2D eigenvalue weighted by atomic mass is 79.9. The third-order valence-corrected chi connectivity index (χ3v) is 3.29. The van der Waals surface area contributed by atoms with Gasteiger partial charge in [-0.15, -0.1) is 0 Å². The van der Waals surface area contributed by atoms with E-state index < -0.39 is 0 Å². The quantitative estimate of drug-likeness (QED) is 0.341. The fraction of sp³-hybridized carbons (Fsp3) is 0.500. The Morgan fingerprint density at radius 1 is 1.18 bits per heavy atom. The summed E-state index contributed by atoms with van der Waals surface area (Å²) in [5.74, 6) is 0.515. The Morgan fingerprint density at radius 3 is 2.59 bits per heavy atom. The topological polar surface area (TPSA) is 26.3 Å². The van der Waals surface area contributed by atoms with Crippen LogP contribution in [0.3, 0.4) is 0 Å². The van der Waals surface area contributed by atoms with Crippen molar-refractivity contribution in [1.82, 2.24) is 0 Å². The zero-order chi connectivity index (χ0) is 12.7. The first kappa shape index (κ1) is 14.2. The summed E-state index contributed by atoms with van der Waals surface area (Å²) in [5, 5.41) is 0.999. The Balaban J connectivity index is 2.37.